The van der Waals surface area contributed by atoms with Gasteiger partial charge in [0.2, 0.25) is 8.32 Å². The Labute approximate surface area is 125 Å². The van der Waals surface area contributed by atoms with Crippen molar-refractivity contribution in [2.45, 2.75) is 65.7 Å². The van der Waals surface area contributed by atoms with Gasteiger partial charge in [-0.1, -0.05) is 45.4 Å². The van der Waals surface area contributed by atoms with Gasteiger partial charge in [0.1, 0.15) is 5.75 Å². The van der Waals surface area contributed by atoms with Gasteiger partial charge in [0.05, 0.1) is 0 Å². The minimum absolute atomic E-state index is 0.461. The summed E-state index contributed by atoms with van der Waals surface area (Å²) >= 11 is 0. The van der Waals surface area contributed by atoms with E-state index in [1.807, 2.05) is 0 Å². The van der Waals surface area contributed by atoms with Gasteiger partial charge in [-0.2, -0.15) is 0 Å². The van der Waals surface area contributed by atoms with Crippen molar-refractivity contribution in [2.75, 3.05) is 0 Å². The fraction of sp³-hybridized carbons (Fsp3) is 0.625. The van der Waals surface area contributed by atoms with E-state index < -0.39 is 16.9 Å². The molecule has 1 aliphatic heterocycles. The third-order valence-electron chi connectivity index (χ3n) is 4.35. The summed E-state index contributed by atoms with van der Waals surface area (Å²) in [6.07, 6.45) is 0. The topological polar surface area (TPSA) is 18.5 Å². The van der Waals surface area contributed by atoms with Crippen molar-refractivity contribution in [3.63, 3.8) is 0 Å². The molecule has 1 aromatic carbocycles. The smallest absolute Gasteiger partial charge is 0.394 e. The van der Waals surface area contributed by atoms with Crippen LogP contribution in [-0.4, -0.2) is 16.9 Å². The monoisotopic (exact) mass is 308 g/mol. The maximum atomic E-state index is 6.78. The van der Waals surface area contributed by atoms with Gasteiger partial charge in [-0.3, -0.25) is 0 Å². The Morgan fingerprint density at radius 3 is 2.00 bits per heavy atom. The molecule has 0 atom stereocenters. The Morgan fingerprint density at radius 1 is 0.950 bits per heavy atom. The highest BCUT2D eigenvalue weighted by molar-refractivity contribution is 6.94. The summed E-state index contributed by atoms with van der Waals surface area (Å²) in [6, 6.07) is 4.50. The van der Waals surface area contributed by atoms with Crippen LogP contribution in [0.15, 0.2) is 12.1 Å². The molecular weight excluding hydrogens is 280 g/mol. The van der Waals surface area contributed by atoms with Crippen molar-refractivity contribution < 1.29 is 8.54 Å². The lowest BCUT2D eigenvalue weighted by molar-refractivity contribution is 0.337. The van der Waals surface area contributed by atoms with E-state index in [-0.39, 0.29) is 0 Å². The minimum Gasteiger partial charge on any atom is -0.520 e. The number of benzene rings is 1. The van der Waals surface area contributed by atoms with Gasteiger partial charge in [-0.15, -0.1) is 0 Å². The Morgan fingerprint density at radius 2 is 1.50 bits per heavy atom. The van der Waals surface area contributed by atoms with Gasteiger partial charge >= 0.3 is 8.56 Å². The van der Waals surface area contributed by atoms with Crippen molar-refractivity contribution in [3.8, 4) is 5.75 Å². The van der Waals surface area contributed by atoms with Crippen molar-refractivity contribution in [2.24, 2.45) is 0 Å². The first-order chi connectivity index (χ1) is 9.10. The average molecular weight is 309 g/mol. The van der Waals surface area contributed by atoms with Crippen LogP contribution in [0.1, 0.15) is 38.8 Å². The normalized spacial score (nSPS) is 19.9. The summed E-state index contributed by atoms with van der Waals surface area (Å²) in [4.78, 5) is 0. The molecule has 0 spiro atoms. The predicted octanol–water partition coefficient (Wildman–Crippen LogP) is 4.39. The second-order valence-electron chi connectivity index (χ2n) is 7.20. The second kappa shape index (κ2) is 5.00. The first-order valence-electron chi connectivity index (χ1n) is 7.61. The first kappa shape index (κ1) is 15.8. The molecule has 0 fully saturated rings. The maximum Gasteiger partial charge on any atom is 0.394 e. The maximum absolute atomic E-state index is 6.78. The molecule has 0 amide bonds. The standard InChI is InChI=1S/C16H28O2Si2/c1-11(2)20(12(3)4)17-16-14(6)9-13(5)10-15(16)19(7,8)18-20/h9-12H,1-8H3. The highest BCUT2D eigenvalue weighted by atomic mass is 28.4. The van der Waals surface area contributed by atoms with Gasteiger partial charge in [-0.25, -0.2) is 0 Å². The lowest BCUT2D eigenvalue weighted by Gasteiger charge is -2.48. The van der Waals surface area contributed by atoms with Crippen LogP contribution in [0, 0.1) is 13.8 Å². The molecule has 0 aromatic heterocycles. The summed E-state index contributed by atoms with van der Waals surface area (Å²) in [5.41, 5.74) is 3.49. The molecule has 0 saturated carbocycles. The first-order valence-corrected chi connectivity index (χ1v) is 12.5. The van der Waals surface area contributed by atoms with Crippen LogP contribution in [0.25, 0.3) is 0 Å². The average Bonchev–Trinajstić information content (AvgIpc) is 2.29. The van der Waals surface area contributed by atoms with Crippen LogP contribution in [0.3, 0.4) is 0 Å². The number of hydrogen-bond donors (Lipinski definition) is 0. The third kappa shape index (κ3) is 2.38. The quantitative estimate of drug-likeness (QED) is 0.755. The fourth-order valence-electron chi connectivity index (χ4n) is 3.31. The van der Waals surface area contributed by atoms with Crippen LogP contribution >= 0.6 is 0 Å². The van der Waals surface area contributed by atoms with E-state index in [1.165, 1.54) is 16.3 Å². The SMILES string of the molecule is Cc1cc(C)c2c(c1)[Si](C)(C)O[Si](C(C)C)(C(C)C)O2. The van der Waals surface area contributed by atoms with E-state index in [9.17, 15) is 0 Å². The van der Waals surface area contributed by atoms with Crippen LogP contribution in [-0.2, 0) is 4.12 Å². The lowest BCUT2D eigenvalue weighted by atomic mass is 10.1. The molecule has 0 unspecified atom stereocenters. The molecular formula is C16H28O2Si2. The second-order valence-corrected chi connectivity index (χ2v) is 15.5. The molecule has 1 aliphatic rings. The van der Waals surface area contributed by atoms with Gasteiger partial charge < -0.3 is 8.54 Å². The number of rotatable bonds is 2. The van der Waals surface area contributed by atoms with Crippen LogP contribution in [0.2, 0.25) is 24.2 Å². The summed E-state index contributed by atoms with van der Waals surface area (Å²) in [6.45, 7) is 18.0. The molecule has 4 heteroatoms. The molecule has 0 saturated heterocycles. The van der Waals surface area contributed by atoms with E-state index in [0.29, 0.717) is 11.1 Å². The van der Waals surface area contributed by atoms with E-state index >= 15 is 0 Å². The molecule has 0 bridgehead atoms. The van der Waals surface area contributed by atoms with Gasteiger partial charge in [0, 0.05) is 16.3 Å². The van der Waals surface area contributed by atoms with Crippen molar-refractivity contribution in [1.29, 1.82) is 0 Å². The highest BCUT2D eigenvalue weighted by Gasteiger charge is 2.55. The Balaban J connectivity index is 2.65. The fourth-order valence-corrected chi connectivity index (χ4v) is 12.9. The Hall–Kier alpha value is -0.586. The lowest BCUT2D eigenvalue weighted by Crippen LogP contribution is -2.66. The van der Waals surface area contributed by atoms with Gasteiger partial charge in [0.25, 0.3) is 0 Å². The van der Waals surface area contributed by atoms with Gasteiger partial charge in [0.15, 0.2) is 0 Å². The Kier molecular flexibility index (Phi) is 3.95. The molecule has 2 nitrogen and oxygen atoms in total. The number of fused-ring (bicyclic) bond motifs is 1. The Bertz CT molecular complexity index is 513. The van der Waals surface area contributed by atoms with E-state index in [2.05, 4.69) is 66.8 Å². The molecule has 2 rings (SSSR count). The summed E-state index contributed by atoms with van der Waals surface area (Å²) in [5.74, 6) is 1.13. The number of aryl methyl sites for hydroxylation is 2. The molecule has 1 heterocycles. The summed E-state index contributed by atoms with van der Waals surface area (Å²) in [7, 11) is -4.11. The molecule has 0 radical (unpaired) electrons. The van der Waals surface area contributed by atoms with E-state index in [0.717, 1.165) is 5.75 Å². The van der Waals surface area contributed by atoms with Crippen molar-refractivity contribution in [1.82, 2.24) is 0 Å². The van der Waals surface area contributed by atoms with E-state index in [1.54, 1.807) is 0 Å². The summed E-state index contributed by atoms with van der Waals surface area (Å²) < 4.78 is 13.4. The molecule has 0 aliphatic carbocycles. The van der Waals surface area contributed by atoms with Crippen LogP contribution < -0.4 is 9.61 Å². The van der Waals surface area contributed by atoms with Crippen molar-refractivity contribution in [3.05, 3.63) is 23.3 Å². The zero-order valence-corrected chi connectivity index (χ0v) is 16.1. The molecule has 112 valence electrons. The zero-order valence-electron chi connectivity index (χ0n) is 14.1. The third-order valence-corrected chi connectivity index (χ3v) is 13.1. The summed E-state index contributed by atoms with van der Waals surface area (Å²) in [5, 5.41) is 1.33. The number of hydrogen-bond acceptors (Lipinski definition) is 2. The van der Waals surface area contributed by atoms with Gasteiger partial charge in [-0.05, 0) is 32.5 Å². The molecule has 20 heavy (non-hydrogen) atoms. The van der Waals surface area contributed by atoms with Crippen LogP contribution in [0.4, 0.5) is 0 Å². The van der Waals surface area contributed by atoms with Crippen LogP contribution in [0.5, 0.6) is 5.75 Å². The minimum atomic E-state index is -2.21. The highest BCUT2D eigenvalue weighted by Crippen LogP contribution is 2.42. The van der Waals surface area contributed by atoms with Crippen molar-refractivity contribution >= 4 is 22.1 Å². The molecule has 0 N–H and O–H groups in total. The van der Waals surface area contributed by atoms with E-state index in [4.69, 9.17) is 8.54 Å². The molecule has 1 aromatic rings. The zero-order chi connectivity index (χ0) is 15.3. The predicted molar refractivity (Wildman–Crippen MR) is 90.7 cm³/mol. The largest absolute Gasteiger partial charge is 0.520 e.